The quantitative estimate of drug-likeness (QED) is 0.633. The number of nitrogens with zero attached hydrogens (tertiary/aromatic N) is 2. The Hall–Kier alpha value is -3.26. The Morgan fingerprint density at radius 3 is 2.30 bits per heavy atom. The standard InChI is InChI=1S/C22H24N4O3S/c1-2-25-21(29)18(15-19(27)23-14-13-16-9-5-3-6-10-16)26(22(25)30)24-20(28)17-11-7-4-8-12-17/h3-12,18H,2,13-15H2,1H3,(H,23,27)(H,24,28)/t18-/m0/s1. The van der Waals surface area contributed by atoms with Crippen LogP contribution in [-0.2, 0) is 16.0 Å². The molecule has 3 rings (SSSR count). The molecule has 2 aromatic carbocycles. The van der Waals surface area contributed by atoms with E-state index in [-0.39, 0.29) is 23.3 Å². The average Bonchev–Trinajstić information content (AvgIpc) is 2.98. The number of carbonyl (C=O) groups excluding carboxylic acids is 3. The Bertz CT molecular complexity index is 920. The summed E-state index contributed by atoms with van der Waals surface area (Å²) in [7, 11) is 0. The lowest BCUT2D eigenvalue weighted by Gasteiger charge is -2.24. The number of nitrogens with one attached hydrogen (secondary N) is 2. The van der Waals surface area contributed by atoms with Gasteiger partial charge in [0.05, 0.1) is 6.42 Å². The lowest BCUT2D eigenvalue weighted by Crippen LogP contribution is -2.50. The second kappa shape index (κ2) is 9.98. The summed E-state index contributed by atoms with van der Waals surface area (Å²) in [6.45, 7) is 2.62. The molecule has 7 nitrogen and oxygen atoms in total. The van der Waals surface area contributed by atoms with Gasteiger partial charge in [0, 0.05) is 18.7 Å². The van der Waals surface area contributed by atoms with Gasteiger partial charge in [-0.2, -0.15) is 0 Å². The molecule has 0 aromatic heterocycles. The lowest BCUT2D eigenvalue weighted by molar-refractivity contribution is -0.132. The highest BCUT2D eigenvalue weighted by Gasteiger charge is 2.43. The predicted molar refractivity (Wildman–Crippen MR) is 117 cm³/mol. The number of amides is 3. The molecule has 2 aromatic rings. The van der Waals surface area contributed by atoms with Gasteiger partial charge in [0.25, 0.3) is 11.8 Å². The van der Waals surface area contributed by atoms with E-state index < -0.39 is 11.9 Å². The molecule has 8 heteroatoms. The van der Waals surface area contributed by atoms with E-state index in [0.717, 1.165) is 5.56 Å². The van der Waals surface area contributed by atoms with Gasteiger partial charge in [-0.15, -0.1) is 0 Å². The topological polar surface area (TPSA) is 81.8 Å². The molecule has 1 fully saturated rings. The summed E-state index contributed by atoms with van der Waals surface area (Å²) in [5.41, 5.74) is 4.24. The van der Waals surface area contributed by atoms with Gasteiger partial charge in [0.15, 0.2) is 5.11 Å². The van der Waals surface area contributed by atoms with Crippen LogP contribution in [0.1, 0.15) is 29.3 Å². The smallest absolute Gasteiger partial charge is 0.269 e. The van der Waals surface area contributed by atoms with Gasteiger partial charge in [-0.3, -0.25) is 24.7 Å². The van der Waals surface area contributed by atoms with Crippen molar-refractivity contribution < 1.29 is 14.4 Å². The number of hydrazine groups is 1. The molecule has 0 unspecified atom stereocenters. The minimum atomic E-state index is -0.873. The zero-order chi connectivity index (χ0) is 21.5. The highest BCUT2D eigenvalue weighted by Crippen LogP contribution is 2.19. The second-order valence-electron chi connectivity index (χ2n) is 6.85. The Labute approximate surface area is 181 Å². The molecular weight excluding hydrogens is 400 g/mol. The predicted octanol–water partition coefficient (Wildman–Crippen LogP) is 1.90. The summed E-state index contributed by atoms with van der Waals surface area (Å²) in [4.78, 5) is 39.2. The van der Waals surface area contributed by atoms with Gasteiger partial charge in [-0.05, 0) is 43.3 Å². The van der Waals surface area contributed by atoms with E-state index in [1.807, 2.05) is 36.4 Å². The number of rotatable bonds is 8. The van der Waals surface area contributed by atoms with Crippen molar-refractivity contribution in [3.8, 4) is 0 Å². The summed E-state index contributed by atoms with van der Waals surface area (Å²) < 4.78 is 0. The fourth-order valence-electron chi connectivity index (χ4n) is 3.25. The molecule has 30 heavy (non-hydrogen) atoms. The molecule has 156 valence electrons. The molecule has 0 aliphatic carbocycles. The molecule has 0 spiro atoms. The minimum Gasteiger partial charge on any atom is -0.356 e. The largest absolute Gasteiger partial charge is 0.356 e. The third kappa shape index (κ3) is 5.01. The van der Waals surface area contributed by atoms with Crippen molar-refractivity contribution in [3.63, 3.8) is 0 Å². The first kappa shape index (κ1) is 21.4. The molecular formula is C22H24N4O3S. The van der Waals surface area contributed by atoms with Crippen LogP contribution >= 0.6 is 12.2 Å². The van der Waals surface area contributed by atoms with Crippen LogP contribution in [0, 0.1) is 0 Å². The van der Waals surface area contributed by atoms with Crippen molar-refractivity contribution in [1.29, 1.82) is 0 Å². The van der Waals surface area contributed by atoms with Crippen LogP contribution in [0.4, 0.5) is 0 Å². The van der Waals surface area contributed by atoms with Crippen molar-refractivity contribution >= 4 is 35.1 Å². The van der Waals surface area contributed by atoms with Crippen molar-refractivity contribution in [2.75, 3.05) is 13.1 Å². The highest BCUT2D eigenvalue weighted by molar-refractivity contribution is 7.80. The van der Waals surface area contributed by atoms with Crippen LogP contribution in [0.15, 0.2) is 60.7 Å². The van der Waals surface area contributed by atoms with Crippen molar-refractivity contribution in [1.82, 2.24) is 20.7 Å². The first-order valence-corrected chi connectivity index (χ1v) is 10.2. The fraction of sp³-hybridized carbons (Fsp3) is 0.273. The Morgan fingerprint density at radius 1 is 1.03 bits per heavy atom. The van der Waals surface area contributed by atoms with E-state index in [2.05, 4.69) is 10.7 Å². The lowest BCUT2D eigenvalue weighted by atomic mass is 10.1. The Balaban J connectivity index is 1.63. The highest BCUT2D eigenvalue weighted by atomic mass is 32.1. The number of thiocarbonyl (C=S) groups is 1. The van der Waals surface area contributed by atoms with Crippen LogP contribution in [0.2, 0.25) is 0 Å². The monoisotopic (exact) mass is 424 g/mol. The summed E-state index contributed by atoms with van der Waals surface area (Å²) >= 11 is 5.37. The summed E-state index contributed by atoms with van der Waals surface area (Å²) in [6.07, 6.45) is 0.596. The molecule has 0 saturated carbocycles. The Morgan fingerprint density at radius 2 is 1.67 bits per heavy atom. The van der Waals surface area contributed by atoms with Gasteiger partial charge >= 0.3 is 0 Å². The molecule has 3 amide bonds. The van der Waals surface area contributed by atoms with E-state index in [4.69, 9.17) is 12.2 Å². The van der Waals surface area contributed by atoms with Gasteiger partial charge in [0.2, 0.25) is 5.91 Å². The first-order valence-electron chi connectivity index (χ1n) is 9.82. The minimum absolute atomic E-state index is 0.0979. The summed E-state index contributed by atoms with van der Waals surface area (Å²) in [5, 5.41) is 4.35. The molecule has 0 bridgehead atoms. The third-order valence-electron chi connectivity index (χ3n) is 4.83. The van der Waals surface area contributed by atoms with Gasteiger partial charge in [-0.25, -0.2) is 5.01 Å². The molecule has 1 aliphatic rings. The molecule has 1 atom stereocenters. The molecule has 1 saturated heterocycles. The molecule has 1 heterocycles. The van der Waals surface area contributed by atoms with E-state index >= 15 is 0 Å². The average molecular weight is 425 g/mol. The van der Waals surface area contributed by atoms with Gasteiger partial charge in [-0.1, -0.05) is 48.5 Å². The van der Waals surface area contributed by atoms with E-state index in [9.17, 15) is 14.4 Å². The van der Waals surface area contributed by atoms with Crippen molar-refractivity contribution in [2.24, 2.45) is 0 Å². The summed E-state index contributed by atoms with van der Waals surface area (Å²) in [5.74, 6) is -0.962. The van der Waals surface area contributed by atoms with Crippen LogP contribution in [0.3, 0.4) is 0 Å². The Kier molecular flexibility index (Phi) is 7.13. The SMILES string of the molecule is CCN1C(=O)[C@H](CC(=O)NCCc2ccccc2)N(NC(=O)c2ccccc2)C1=S. The fourth-order valence-corrected chi connectivity index (χ4v) is 3.64. The number of carbonyl (C=O) groups is 3. The number of hydrogen-bond donors (Lipinski definition) is 2. The number of benzene rings is 2. The first-order chi connectivity index (χ1) is 14.5. The maximum absolute atomic E-state index is 12.8. The summed E-state index contributed by atoms with van der Waals surface area (Å²) in [6, 6.07) is 17.6. The van der Waals surface area contributed by atoms with Crippen LogP contribution in [0.25, 0.3) is 0 Å². The van der Waals surface area contributed by atoms with E-state index in [1.165, 1.54) is 9.91 Å². The second-order valence-corrected chi connectivity index (χ2v) is 7.21. The zero-order valence-electron chi connectivity index (χ0n) is 16.7. The van der Waals surface area contributed by atoms with Crippen molar-refractivity contribution in [3.05, 3.63) is 71.8 Å². The maximum Gasteiger partial charge on any atom is 0.269 e. The number of hydrogen-bond acceptors (Lipinski definition) is 4. The molecule has 0 radical (unpaired) electrons. The van der Waals surface area contributed by atoms with Crippen LogP contribution in [0.5, 0.6) is 0 Å². The van der Waals surface area contributed by atoms with Gasteiger partial charge in [0.1, 0.15) is 6.04 Å². The van der Waals surface area contributed by atoms with E-state index in [0.29, 0.717) is 25.1 Å². The van der Waals surface area contributed by atoms with Crippen LogP contribution in [-0.4, -0.2) is 51.9 Å². The van der Waals surface area contributed by atoms with Crippen molar-refractivity contribution in [2.45, 2.75) is 25.8 Å². The third-order valence-corrected chi connectivity index (χ3v) is 5.25. The molecule has 1 aliphatic heterocycles. The zero-order valence-corrected chi connectivity index (χ0v) is 17.5. The maximum atomic E-state index is 12.8. The van der Waals surface area contributed by atoms with E-state index in [1.54, 1.807) is 31.2 Å². The van der Waals surface area contributed by atoms with Gasteiger partial charge < -0.3 is 5.32 Å². The normalized spacial score (nSPS) is 16.0. The van der Waals surface area contributed by atoms with Crippen LogP contribution < -0.4 is 10.7 Å². The number of likely N-dealkylation sites (N-methyl/N-ethyl adjacent to an activating group) is 1. The molecule has 2 N–H and O–H groups in total.